The second-order valence-corrected chi connectivity index (χ2v) is 8.37. The minimum absolute atomic E-state index is 1.03. The van der Waals surface area contributed by atoms with Gasteiger partial charge in [0, 0.05) is 22.2 Å². The third-order valence-electron chi connectivity index (χ3n) is 6.17. The van der Waals surface area contributed by atoms with Gasteiger partial charge < -0.3 is 0 Å². The highest BCUT2D eigenvalue weighted by molar-refractivity contribution is 6.13. The van der Waals surface area contributed by atoms with Gasteiger partial charge in [-0.15, -0.1) is 0 Å². The molecule has 0 aliphatic heterocycles. The summed E-state index contributed by atoms with van der Waals surface area (Å²) >= 11 is 0. The van der Waals surface area contributed by atoms with Crippen LogP contribution in [0.15, 0.2) is 97.1 Å². The molecule has 0 unspecified atom stereocenters. The van der Waals surface area contributed by atoms with Gasteiger partial charge >= 0.3 is 0 Å². The predicted molar refractivity (Wildman–Crippen MR) is 135 cm³/mol. The summed E-state index contributed by atoms with van der Waals surface area (Å²) in [4.78, 5) is 9.53. The number of aromatic nitrogens is 2. The Balaban J connectivity index is 1.76. The largest absolute Gasteiger partial charge is 0.253 e. The van der Waals surface area contributed by atoms with E-state index in [1.807, 2.05) is 0 Å². The van der Waals surface area contributed by atoms with Crippen molar-refractivity contribution in [3.8, 4) is 22.3 Å². The van der Waals surface area contributed by atoms with Gasteiger partial charge in [0.05, 0.1) is 11.0 Å². The van der Waals surface area contributed by atoms with E-state index in [4.69, 9.17) is 9.97 Å². The Labute approximate surface area is 187 Å². The maximum atomic E-state index is 4.77. The molecular formula is C30H22N2. The van der Waals surface area contributed by atoms with Crippen molar-refractivity contribution in [1.29, 1.82) is 0 Å². The van der Waals surface area contributed by atoms with Crippen molar-refractivity contribution in [3.05, 3.63) is 108 Å². The van der Waals surface area contributed by atoms with Gasteiger partial charge in [0.25, 0.3) is 0 Å². The van der Waals surface area contributed by atoms with Crippen LogP contribution in [0.2, 0.25) is 0 Å². The van der Waals surface area contributed by atoms with Crippen LogP contribution in [-0.2, 0) is 0 Å². The van der Waals surface area contributed by atoms with Crippen LogP contribution >= 0.6 is 0 Å². The molecule has 0 bridgehead atoms. The van der Waals surface area contributed by atoms with Gasteiger partial charge in [-0.25, -0.2) is 0 Å². The van der Waals surface area contributed by atoms with E-state index in [1.165, 1.54) is 43.8 Å². The predicted octanol–water partition coefficient (Wildman–Crippen LogP) is 7.89. The van der Waals surface area contributed by atoms with Gasteiger partial charge in [0.2, 0.25) is 0 Å². The monoisotopic (exact) mass is 410 g/mol. The highest BCUT2D eigenvalue weighted by Crippen LogP contribution is 2.41. The molecule has 2 heterocycles. The van der Waals surface area contributed by atoms with Gasteiger partial charge in [0.1, 0.15) is 0 Å². The molecule has 0 fully saturated rings. The summed E-state index contributed by atoms with van der Waals surface area (Å²) in [6.45, 7) is 4.14. The molecule has 0 spiro atoms. The lowest BCUT2D eigenvalue weighted by atomic mass is 9.89. The van der Waals surface area contributed by atoms with Gasteiger partial charge in [-0.3, -0.25) is 9.97 Å². The van der Waals surface area contributed by atoms with Crippen molar-refractivity contribution >= 4 is 32.6 Å². The van der Waals surface area contributed by atoms with Crippen LogP contribution in [0.5, 0.6) is 0 Å². The Morgan fingerprint density at radius 2 is 0.938 bits per heavy atom. The van der Waals surface area contributed by atoms with Crippen LogP contribution in [0.1, 0.15) is 11.4 Å². The molecule has 32 heavy (non-hydrogen) atoms. The highest BCUT2D eigenvalue weighted by Gasteiger charge is 2.15. The first-order chi connectivity index (χ1) is 15.7. The van der Waals surface area contributed by atoms with Crippen molar-refractivity contribution in [2.24, 2.45) is 0 Å². The summed E-state index contributed by atoms with van der Waals surface area (Å²) in [7, 11) is 0. The molecule has 0 atom stereocenters. The summed E-state index contributed by atoms with van der Waals surface area (Å²) in [6.07, 6.45) is 0. The van der Waals surface area contributed by atoms with Crippen molar-refractivity contribution in [2.45, 2.75) is 13.8 Å². The zero-order valence-corrected chi connectivity index (χ0v) is 18.1. The lowest BCUT2D eigenvalue weighted by Gasteiger charge is -2.16. The molecule has 2 heteroatoms. The van der Waals surface area contributed by atoms with Gasteiger partial charge in [-0.05, 0) is 71.1 Å². The van der Waals surface area contributed by atoms with Gasteiger partial charge in [-0.2, -0.15) is 0 Å². The molecule has 2 nitrogen and oxygen atoms in total. The molecular weight excluding hydrogens is 388 g/mol. The summed E-state index contributed by atoms with van der Waals surface area (Å²) < 4.78 is 0. The normalized spacial score (nSPS) is 11.4. The summed E-state index contributed by atoms with van der Waals surface area (Å²) in [6, 6.07) is 34.4. The van der Waals surface area contributed by atoms with E-state index in [0.29, 0.717) is 0 Å². The van der Waals surface area contributed by atoms with Crippen LogP contribution in [0.4, 0.5) is 0 Å². The maximum absolute atomic E-state index is 4.77. The number of aryl methyl sites for hydroxylation is 2. The van der Waals surface area contributed by atoms with Crippen LogP contribution in [0.3, 0.4) is 0 Å². The summed E-state index contributed by atoms with van der Waals surface area (Å²) in [5, 5.41) is 4.85. The second-order valence-electron chi connectivity index (χ2n) is 8.37. The van der Waals surface area contributed by atoms with Gasteiger partial charge in [-0.1, -0.05) is 72.8 Å². The number of pyridine rings is 2. The first-order valence-electron chi connectivity index (χ1n) is 10.9. The van der Waals surface area contributed by atoms with E-state index in [0.717, 1.165) is 22.4 Å². The molecule has 0 aliphatic carbocycles. The average Bonchev–Trinajstić information content (AvgIpc) is 2.82. The number of nitrogens with zero attached hydrogens (tertiary/aromatic N) is 2. The molecule has 0 aliphatic rings. The SMILES string of the molecule is Cc1cc(-c2cccc3cccc(-c4cc(C)nc5ccccc45)c23)c2ccccc2n1. The molecule has 4 aromatic carbocycles. The van der Waals surface area contributed by atoms with E-state index in [9.17, 15) is 0 Å². The first-order valence-corrected chi connectivity index (χ1v) is 10.9. The highest BCUT2D eigenvalue weighted by atomic mass is 14.7. The van der Waals surface area contributed by atoms with E-state index in [-0.39, 0.29) is 0 Å². The number of fused-ring (bicyclic) bond motifs is 3. The quantitative estimate of drug-likeness (QED) is 0.290. The molecule has 152 valence electrons. The standard InChI is InChI=1S/C30H22N2/c1-19-17-26(22-11-3-5-15-28(22)31-19)24-13-7-9-21-10-8-14-25(30(21)24)27-18-20(2)32-29-16-6-4-12-23(27)29/h3-18H,1-2H3. The van der Waals surface area contributed by atoms with Crippen LogP contribution in [0.25, 0.3) is 54.8 Å². The van der Waals surface area contributed by atoms with Crippen molar-refractivity contribution < 1.29 is 0 Å². The lowest BCUT2D eigenvalue weighted by Crippen LogP contribution is -1.93. The Morgan fingerprint density at radius 1 is 0.469 bits per heavy atom. The topological polar surface area (TPSA) is 25.8 Å². The fourth-order valence-electron chi connectivity index (χ4n) is 4.85. The van der Waals surface area contributed by atoms with Crippen molar-refractivity contribution in [2.75, 3.05) is 0 Å². The zero-order valence-electron chi connectivity index (χ0n) is 18.1. The Hall–Kier alpha value is -4.04. The minimum atomic E-state index is 1.03. The van der Waals surface area contributed by atoms with Crippen LogP contribution in [0, 0.1) is 13.8 Å². The van der Waals surface area contributed by atoms with E-state index in [1.54, 1.807) is 0 Å². The Kier molecular flexibility index (Phi) is 4.26. The van der Waals surface area contributed by atoms with Crippen LogP contribution in [-0.4, -0.2) is 9.97 Å². The fraction of sp³-hybridized carbons (Fsp3) is 0.0667. The van der Waals surface area contributed by atoms with Gasteiger partial charge in [0.15, 0.2) is 0 Å². The molecule has 0 radical (unpaired) electrons. The third kappa shape index (κ3) is 2.96. The summed E-state index contributed by atoms with van der Waals surface area (Å²) in [5.74, 6) is 0. The third-order valence-corrected chi connectivity index (χ3v) is 6.17. The summed E-state index contributed by atoms with van der Waals surface area (Å²) in [5.41, 5.74) is 9.03. The van der Waals surface area contributed by atoms with E-state index < -0.39 is 0 Å². The smallest absolute Gasteiger partial charge is 0.0711 e. The van der Waals surface area contributed by atoms with Crippen LogP contribution < -0.4 is 0 Å². The second kappa shape index (κ2) is 7.28. The number of para-hydroxylation sites is 2. The number of rotatable bonds is 2. The van der Waals surface area contributed by atoms with E-state index >= 15 is 0 Å². The lowest BCUT2D eigenvalue weighted by molar-refractivity contribution is 1.26. The van der Waals surface area contributed by atoms with Crippen molar-refractivity contribution in [3.63, 3.8) is 0 Å². The number of benzene rings is 4. The number of hydrogen-bond donors (Lipinski definition) is 0. The van der Waals surface area contributed by atoms with Crippen molar-refractivity contribution in [1.82, 2.24) is 9.97 Å². The molecule has 0 saturated heterocycles. The fourth-order valence-corrected chi connectivity index (χ4v) is 4.85. The first kappa shape index (κ1) is 18.7. The van der Waals surface area contributed by atoms with E-state index in [2.05, 4.69) is 111 Å². The average molecular weight is 411 g/mol. The molecule has 6 rings (SSSR count). The number of hydrogen-bond acceptors (Lipinski definition) is 2. The Bertz CT molecular complexity index is 1530. The maximum Gasteiger partial charge on any atom is 0.0711 e. The Morgan fingerprint density at radius 3 is 1.44 bits per heavy atom. The molecule has 0 amide bonds. The molecule has 0 N–H and O–H groups in total. The molecule has 6 aromatic rings. The molecule has 0 saturated carbocycles. The molecule has 2 aromatic heterocycles. The zero-order chi connectivity index (χ0) is 21.7. The minimum Gasteiger partial charge on any atom is -0.253 e.